The molecule has 3 rings (SSSR count). The highest BCUT2D eigenvalue weighted by Gasteiger charge is 2.39. The van der Waals surface area contributed by atoms with Gasteiger partial charge in [0.1, 0.15) is 4.88 Å². The number of thiophene rings is 1. The highest BCUT2D eigenvalue weighted by molar-refractivity contribution is 7.13. The van der Waals surface area contributed by atoms with Crippen molar-refractivity contribution in [3.05, 3.63) is 51.7 Å². The van der Waals surface area contributed by atoms with E-state index in [0.29, 0.717) is 11.5 Å². The number of hydrogen-bond donors (Lipinski definition) is 1. The minimum atomic E-state index is -0.768. The first-order valence-electron chi connectivity index (χ1n) is 10.9. The fraction of sp³-hybridized carbons (Fsp3) is 0.500. The van der Waals surface area contributed by atoms with Crippen LogP contribution >= 0.6 is 11.3 Å². The van der Waals surface area contributed by atoms with Crippen molar-refractivity contribution < 1.29 is 24.2 Å². The van der Waals surface area contributed by atoms with Gasteiger partial charge in [-0.1, -0.05) is 38.3 Å². The zero-order chi connectivity index (χ0) is 22.2. The van der Waals surface area contributed by atoms with Gasteiger partial charge in [-0.15, -0.1) is 11.3 Å². The van der Waals surface area contributed by atoms with Gasteiger partial charge in [0.2, 0.25) is 5.91 Å². The molecule has 0 aliphatic carbocycles. The maximum absolute atomic E-state index is 12.5. The lowest BCUT2D eigenvalue weighted by atomic mass is 10.1. The van der Waals surface area contributed by atoms with Gasteiger partial charge in [0.05, 0.1) is 38.9 Å². The molecule has 0 spiro atoms. The summed E-state index contributed by atoms with van der Waals surface area (Å²) < 4.78 is 10.5. The van der Waals surface area contributed by atoms with Gasteiger partial charge >= 0.3 is 5.97 Å². The first-order chi connectivity index (χ1) is 15.0. The van der Waals surface area contributed by atoms with E-state index in [9.17, 15) is 14.7 Å². The Kier molecular flexibility index (Phi) is 8.63. The Morgan fingerprint density at radius 1 is 1.16 bits per heavy atom. The molecule has 6 nitrogen and oxygen atoms in total. The molecule has 1 fully saturated rings. The van der Waals surface area contributed by atoms with Crippen molar-refractivity contribution in [1.29, 1.82) is 0 Å². The molecule has 1 saturated heterocycles. The van der Waals surface area contributed by atoms with Crippen LogP contribution < -0.4 is 4.90 Å². The smallest absolute Gasteiger partial charge is 0.348 e. The molecule has 1 aromatic carbocycles. The van der Waals surface area contributed by atoms with Gasteiger partial charge in [-0.05, 0) is 42.7 Å². The van der Waals surface area contributed by atoms with Crippen LogP contribution in [0.2, 0.25) is 0 Å². The lowest BCUT2D eigenvalue weighted by Gasteiger charge is -2.26. The minimum absolute atomic E-state index is 0.0955. The number of aliphatic hydroxyl groups is 1. The summed E-state index contributed by atoms with van der Waals surface area (Å²) in [7, 11) is 1.35. The number of anilines is 1. The molecule has 0 unspecified atom stereocenters. The van der Waals surface area contributed by atoms with E-state index in [1.807, 2.05) is 18.2 Å². The second-order valence-electron chi connectivity index (χ2n) is 7.85. The molecule has 1 aliphatic rings. The van der Waals surface area contributed by atoms with Gasteiger partial charge < -0.3 is 19.5 Å². The second-order valence-corrected chi connectivity index (χ2v) is 9.02. The minimum Gasteiger partial charge on any atom is -0.465 e. The monoisotopic (exact) mass is 445 g/mol. The van der Waals surface area contributed by atoms with Gasteiger partial charge in [0.15, 0.2) is 0 Å². The van der Waals surface area contributed by atoms with Crippen LogP contribution in [0.5, 0.6) is 0 Å². The molecular formula is C24H31NO5S. The molecule has 31 heavy (non-hydrogen) atoms. The Hall–Kier alpha value is -2.22. The van der Waals surface area contributed by atoms with E-state index in [1.165, 1.54) is 49.7 Å². The number of esters is 1. The number of rotatable bonds is 11. The maximum Gasteiger partial charge on any atom is 0.348 e. The number of benzene rings is 1. The van der Waals surface area contributed by atoms with Crippen LogP contribution in [0.25, 0.3) is 0 Å². The van der Waals surface area contributed by atoms with Crippen LogP contribution in [0.3, 0.4) is 0 Å². The summed E-state index contributed by atoms with van der Waals surface area (Å²) in [5, 5.41) is 10.4. The van der Waals surface area contributed by atoms with E-state index in [2.05, 4.69) is 19.1 Å². The Morgan fingerprint density at radius 3 is 2.65 bits per heavy atom. The standard InChI is InChI=1S/C24H31NO5S/c1-3-4-5-6-7-17-8-10-18(11-9-17)25-20(21(26)14-23(25)27)16-30-15-19-12-13-22(31-19)24(28)29-2/h8-13,20-21,26H,3-7,14-16H2,1-2H3/t20-,21-/m0/s1. The number of nitrogens with zero attached hydrogens (tertiary/aromatic N) is 1. The number of aliphatic hydroxyl groups excluding tert-OH is 1. The lowest BCUT2D eigenvalue weighted by Crippen LogP contribution is -2.40. The molecule has 0 bridgehead atoms. The van der Waals surface area contributed by atoms with Crippen LogP contribution in [0, 0.1) is 0 Å². The van der Waals surface area contributed by atoms with Gasteiger partial charge in [-0.2, -0.15) is 0 Å². The number of unbranched alkanes of at least 4 members (excludes halogenated alkanes) is 3. The van der Waals surface area contributed by atoms with Gasteiger partial charge in [-0.25, -0.2) is 4.79 Å². The largest absolute Gasteiger partial charge is 0.465 e. The number of hydrogen-bond acceptors (Lipinski definition) is 6. The average molecular weight is 446 g/mol. The number of carbonyl (C=O) groups is 2. The molecule has 2 aromatic rings. The number of aryl methyl sites for hydroxylation is 1. The molecule has 2 heterocycles. The summed E-state index contributed by atoms with van der Waals surface area (Å²) in [6, 6.07) is 11.2. The second kappa shape index (κ2) is 11.4. The van der Waals surface area contributed by atoms with Crippen molar-refractivity contribution in [2.24, 2.45) is 0 Å². The van der Waals surface area contributed by atoms with E-state index in [1.54, 1.807) is 11.0 Å². The Morgan fingerprint density at radius 2 is 1.94 bits per heavy atom. The third-order valence-electron chi connectivity index (χ3n) is 5.54. The molecule has 2 atom stereocenters. The lowest BCUT2D eigenvalue weighted by molar-refractivity contribution is -0.117. The number of carbonyl (C=O) groups excluding carboxylic acids is 2. The van der Waals surface area contributed by atoms with Gasteiger partial charge in [0.25, 0.3) is 0 Å². The van der Waals surface area contributed by atoms with Crippen LogP contribution in [-0.2, 0) is 27.3 Å². The van der Waals surface area contributed by atoms with Crippen molar-refractivity contribution in [2.75, 3.05) is 18.6 Å². The number of ether oxygens (including phenoxy) is 2. The summed E-state index contributed by atoms with van der Waals surface area (Å²) in [5.41, 5.74) is 2.05. The SMILES string of the molecule is CCCCCCc1ccc(N2C(=O)C[C@H](O)[C@@H]2COCc2ccc(C(=O)OC)s2)cc1. The predicted octanol–water partition coefficient (Wildman–Crippen LogP) is 4.34. The Balaban J connectivity index is 1.57. The van der Waals surface area contributed by atoms with E-state index in [0.717, 1.165) is 17.0 Å². The topological polar surface area (TPSA) is 76.1 Å². The molecule has 0 saturated carbocycles. The molecular weight excluding hydrogens is 414 g/mol. The van der Waals surface area contributed by atoms with Gasteiger partial charge in [0, 0.05) is 10.6 Å². The Labute approximate surface area is 187 Å². The molecule has 168 valence electrons. The summed E-state index contributed by atoms with van der Waals surface area (Å²) in [6.45, 7) is 2.73. The van der Waals surface area contributed by atoms with Crippen LogP contribution in [0.4, 0.5) is 5.69 Å². The normalized spacial score (nSPS) is 18.5. The predicted molar refractivity (Wildman–Crippen MR) is 122 cm³/mol. The van der Waals surface area contributed by atoms with E-state index < -0.39 is 12.1 Å². The fourth-order valence-electron chi connectivity index (χ4n) is 3.82. The third kappa shape index (κ3) is 6.15. The first-order valence-corrected chi connectivity index (χ1v) is 11.7. The first kappa shape index (κ1) is 23.4. The molecule has 1 aromatic heterocycles. The fourth-order valence-corrected chi connectivity index (χ4v) is 4.68. The highest BCUT2D eigenvalue weighted by atomic mass is 32.1. The zero-order valence-corrected chi connectivity index (χ0v) is 19.0. The van der Waals surface area contributed by atoms with E-state index in [-0.39, 0.29) is 24.9 Å². The number of amides is 1. The molecule has 1 amide bonds. The van der Waals surface area contributed by atoms with Gasteiger partial charge in [-0.3, -0.25) is 4.79 Å². The molecule has 7 heteroatoms. The zero-order valence-electron chi connectivity index (χ0n) is 18.2. The summed E-state index contributed by atoms with van der Waals surface area (Å²) in [6.07, 6.45) is 5.26. The average Bonchev–Trinajstić information content (AvgIpc) is 3.35. The molecule has 1 N–H and O–H groups in total. The molecule has 0 radical (unpaired) electrons. The molecule has 1 aliphatic heterocycles. The highest BCUT2D eigenvalue weighted by Crippen LogP contribution is 2.28. The summed E-state index contributed by atoms with van der Waals surface area (Å²) >= 11 is 1.31. The third-order valence-corrected chi connectivity index (χ3v) is 6.58. The van der Waals surface area contributed by atoms with Crippen LogP contribution in [0.1, 0.15) is 59.1 Å². The Bertz CT molecular complexity index is 863. The van der Waals surface area contributed by atoms with Crippen molar-refractivity contribution in [1.82, 2.24) is 0 Å². The van der Waals surface area contributed by atoms with Crippen molar-refractivity contribution in [3.63, 3.8) is 0 Å². The van der Waals surface area contributed by atoms with Crippen molar-refractivity contribution in [2.45, 2.75) is 64.2 Å². The van der Waals surface area contributed by atoms with E-state index in [4.69, 9.17) is 9.47 Å². The van der Waals surface area contributed by atoms with E-state index >= 15 is 0 Å². The quantitative estimate of drug-likeness (QED) is 0.411. The summed E-state index contributed by atoms with van der Waals surface area (Å²) in [5.74, 6) is -0.464. The maximum atomic E-state index is 12.5. The number of methoxy groups -OCH3 is 1. The van der Waals surface area contributed by atoms with Crippen molar-refractivity contribution in [3.8, 4) is 0 Å². The van der Waals surface area contributed by atoms with Crippen molar-refractivity contribution >= 4 is 28.9 Å². The van der Waals surface area contributed by atoms with Crippen LogP contribution in [-0.4, -0.2) is 42.8 Å². The summed E-state index contributed by atoms with van der Waals surface area (Å²) in [4.78, 5) is 27.2. The van der Waals surface area contributed by atoms with Crippen LogP contribution in [0.15, 0.2) is 36.4 Å².